The summed E-state index contributed by atoms with van der Waals surface area (Å²) in [6, 6.07) is 13.6. The summed E-state index contributed by atoms with van der Waals surface area (Å²) in [5.41, 5.74) is 3.21. The average molecular weight is 314 g/mol. The van der Waals surface area contributed by atoms with Crippen LogP contribution in [-0.4, -0.2) is 13.3 Å². The maximum Gasteiger partial charge on any atom is 0.513 e. The van der Waals surface area contributed by atoms with Crippen molar-refractivity contribution in [3.8, 4) is 11.5 Å². The van der Waals surface area contributed by atoms with Gasteiger partial charge in [0.05, 0.1) is 7.11 Å². The smallest absolute Gasteiger partial charge is 0.489 e. The molecule has 23 heavy (non-hydrogen) atoms. The van der Waals surface area contributed by atoms with Gasteiger partial charge in [-0.25, -0.2) is 4.79 Å². The summed E-state index contributed by atoms with van der Waals surface area (Å²) < 4.78 is 15.6. The molecule has 2 aromatic carbocycles. The Bertz CT molecular complexity index is 647. The number of methoxy groups -OCH3 is 1. The van der Waals surface area contributed by atoms with Crippen molar-refractivity contribution < 1.29 is 19.0 Å². The second kappa shape index (κ2) is 8.22. The highest BCUT2D eigenvalue weighted by Gasteiger charge is 2.13. The minimum atomic E-state index is -0.730. The highest BCUT2D eigenvalue weighted by Crippen LogP contribution is 2.25. The van der Waals surface area contributed by atoms with Gasteiger partial charge in [-0.3, -0.25) is 0 Å². The first-order chi connectivity index (χ1) is 11.2. The molecule has 0 radical (unpaired) electrons. The number of benzene rings is 2. The Morgan fingerprint density at radius 1 is 1.00 bits per heavy atom. The lowest BCUT2D eigenvalue weighted by Gasteiger charge is -2.14. The van der Waals surface area contributed by atoms with Crippen LogP contribution in [-0.2, 0) is 24.2 Å². The van der Waals surface area contributed by atoms with Crippen molar-refractivity contribution in [2.75, 3.05) is 7.11 Å². The van der Waals surface area contributed by atoms with Gasteiger partial charge in [-0.15, -0.1) is 0 Å². The molecule has 0 aromatic heterocycles. The van der Waals surface area contributed by atoms with Crippen LogP contribution in [0.2, 0.25) is 0 Å². The molecule has 0 aliphatic rings. The van der Waals surface area contributed by atoms with E-state index in [9.17, 15) is 4.79 Å². The highest BCUT2D eigenvalue weighted by atomic mass is 16.7. The number of aryl methyl sites for hydroxylation is 2. The Kier molecular flexibility index (Phi) is 6.03. The number of rotatable bonds is 6. The maximum atomic E-state index is 11.4. The van der Waals surface area contributed by atoms with E-state index in [1.54, 1.807) is 6.07 Å². The van der Waals surface area contributed by atoms with E-state index < -0.39 is 6.16 Å². The number of hydrogen-bond donors (Lipinski definition) is 0. The van der Waals surface area contributed by atoms with Gasteiger partial charge in [-0.1, -0.05) is 38.1 Å². The lowest BCUT2D eigenvalue weighted by molar-refractivity contribution is 0.120. The average Bonchev–Trinajstić information content (AvgIpc) is 2.60. The van der Waals surface area contributed by atoms with Crippen LogP contribution < -0.4 is 9.47 Å². The molecular weight excluding hydrogens is 292 g/mol. The van der Waals surface area contributed by atoms with E-state index in [0.717, 1.165) is 29.7 Å². The molecule has 4 heteroatoms. The fraction of sp³-hybridized carbons (Fsp3) is 0.316. The molecule has 0 unspecified atom stereocenters. The summed E-state index contributed by atoms with van der Waals surface area (Å²) >= 11 is 0. The van der Waals surface area contributed by atoms with Crippen molar-refractivity contribution in [1.82, 2.24) is 0 Å². The van der Waals surface area contributed by atoms with Crippen molar-refractivity contribution in [1.29, 1.82) is 0 Å². The molecule has 0 saturated carbocycles. The Hall–Kier alpha value is -2.49. The zero-order valence-electron chi connectivity index (χ0n) is 13.8. The molecule has 0 spiro atoms. The van der Waals surface area contributed by atoms with E-state index in [4.69, 9.17) is 9.47 Å². The fourth-order valence-electron chi connectivity index (χ4n) is 2.31. The molecule has 0 heterocycles. The second-order valence-electron chi connectivity index (χ2n) is 5.09. The molecule has 0 fully saturated rings. The van der Waals surface area contributed by atoms with E-state index in [1.807, 2.05) is 36.4 Å². The first-order valence-corrected chi connectivity index (χ1v) is 7.76. The molecule has 122 valence electrons. The summed E-state index contributed by atoms with van der Waals surface area (Å²) in [4.78, 5) is 11.4. The van der Waals surface area contributed by atoms with Crippen LogP contribution in [0.25, 0.3) is 0 Å². The summed E-state index contributed by atoms with van der Waals surface area (Å²) in [7, 11) is 1.29. The van der Waals surface area contributed by atoms with Crippen LogP contribution in [0.1, 0.15) is 30.5 Å². The molecule has 0 amide bonds. The quantitative estimate of drug-likeness (QED) is 0.580. The predicted molar refractivity (Wildman–Crippen MR) is 89.0 cm³/mol. The summed E-state index contributed by atoms with van der Waals surface area (Å²) in [5, 5.41) is 0. The third kappa shape index (κ3) is 4.49. The monoisotopic (exact) mass is 314 g/mol. The van der Waals surface area contributed by atoms with Crippen LogP contribution >= 0.6 is 0 Å². The van der Waals surface area contributed by atoms with Gasteiger partial charge in [0.15, 0.2) is 0 Å². The van der Waals surface area contributed by atoms with E-state index >= 15 is 0 Å². The van der Waals surface area contributed by atoms with Gasteiger partial charge in [0.2, 0.25) is 0 Å². The van der Waals surface area contributed by atoms with E-state index in [1.165, 1.54) is 12.7 Å². The fourth-order valence-corrected chi connectivity index (χ4v) is 2.31. The molecular formula is C19H22O4. The van der Waals surface area contributed by atoms with Gasteiger partial charge in [-0.2, -0.15) is 0 Å². The summed E-state index contributed by atoms with van der Waals surface area (Å²) in [6.45, 7) is 4.50. The Morgan fingerprint density at radius 2 is 1.74 bits per heavy atom. The highest BCUT2D eigenvalue weighted by molar-refractivity contribution is 5.64. The Balaban J connectivity index is 2.17. The number of hydrogen-bond acceptors (Lipinski definition) is 4. The van der Waals surface area contributed by atoms with Gasteiger partial charge in [0, 0.05) is 5.56 Å². The van der Waals surface area contributed by atoms with Crippen LogP contribution in [0.4, 0.5) is 4.79 Å². The standard InChI is InChI=1S/C19H22O4/c1-4-14-9-11-16(12-10-14)22-13-17-15(5-2)7-6-8-18(17)23-19(20)21-3/h6-12H,4-5,13H2,1-3H3. The zero-order valence-corrected chi connectivity index (χ0v) is 13.8. The van der Waals surface area contributed by atoms with Crippen LogP contribution in [0.5, 0.6) is 11.5 Å². The molecule has 0 N–H and O–H groups in total. The summed E-state index contributed by atoms with van der Waals surface area (Å²) in [5.74, 6) is 1.26. The lowest BCUT2D eigenvalue weighted by atomic mass is 10.0. The number of carbonyl (C=O) groups is 1. The topological polar surface area (TPSA) is 44.8 Å². The van der Waals surface area contributed by atoms with E-state index in [0.29, 0.717) is 12.4 Å². The van der Waals surface area contributed by atoms with E-state index in [2.05, 4.69) is 18.6 Å². The second-order valence-corrected chi connectivity index (χ2v) is 5.09. The Morgan fingerprint density at radius 3 is 2.35 bits per heavy atom. The van der Waals surface area contributed by atoms with Crippen molar-refractivity contribution >= 4 is 6.16 Å². The molecule has 0 aliphatic heterocycles. The van der Waals surface area contributed by atoms with Gasteiger partial charge in [0.25, 0.3) is 0 Å². The van der Waals surface area contributed by atoms with Gasteiger partial charge >= 0.3 is 6.16 Å². The first-order valence-electron chi connectivity index (χ1n) is 7.76. The molecule has 0 atom stereocenters. The van der Waals surface area contributed by atoms with Crippen molar-refractivity contribution in [2.24, 2.45) is 0 Å². The SMILES string of the molecule is CCc1ccc(OCc2c(CC)cccc2OC(=O)OC)cc1. The Labute approximate surface area is 137 Å². The molecule has 2 rings (SSSR count). The van der Waals surface area contributed by atoms with Crippen LogP contribution in [0.3, 0.4) is 0 Å². The van der Waals surface area contributed by atoms with Crippen molar-refractivity contribution in [3.05, 3.63) is 59.2 Å². The largest absolute Gasteiger partial charge is 0.513 e. The van der Waals surface area contributed by atoms with Gasteiger partial charge in [-0.05, 0) is 42.2 Å². The predicted octanol–water partition coefficient (Wildman–Crippen LogP) is 4.54. The number of carbonyl (C=O) groups excluding carboxylic acids is 1. The maximum absolute atomic E-state index is 11.4. The van der Waals surface area contributed by atoms with Crippen molar-refractivity contribution in [3.63, 3.8) is 0 Å². The van der Waals surface area contributed by atoms with E-state index in [-0.39, 0.29) is 0 Å². The first kappa shape index (κ1) is 16.9. The number of ether oxygens (including phenoxy) is 3. The third-order valence-corrected chi connectivity index (χ3v) is 3.69. The minimum Gasteiger partial charge on any atom is -0.489 e. The molecule has 0 saturated heterocycles. The zero-order chi connectivity index (χ0) is 16.7. The van der Waals surface area contributed by atoms with Crippen molar-refractivity contribution in [2.45, 2.75) is 33.3 Å². The minimum absolute atomic E-state index is 0.335. The molecule has 4 nitrogen and oxygen atoms in total. The molecule has 2 aromatic rings. The van der Waals surface area contributed by atoms with Gasteiger partial charge in [0.1, 0.15) is 18.1 Å². The summed E-state index contributed by atoms with van der Waals surface area (Å²) in [6.07, 6.45) is 1.09. The normalized spacial score (nSPS) is 10.2. The third-order valence-electron chi connectivity index (χ3n) is 3.69. The van der Waals surface area contributed by atoms with Crippen LogP contribution in [0.15, 0.2) is 42.5 Å². The molecule has 0 aliphatic carbocycles. The van der Waals surface area contributed by atoms with Crippen LogP contribution in [0, 0.1) is 0 Å². The lowest BCUT2D eigenvalue weighted by Crippen LogP contribution is -2.11. The van der Waals surface area contributed by atoms with Gasteiger partial charge < -0.3 is 14.2 Å². The molecule has 0 bridgehead atoms.